The first-order valence-electron chi connectivity index (χ1n) is 4.71. The van der Waals surface area contributed by atoms with Crippen molar-refractivity contribution in [1.29, 1.82) is 0 Å². The number of halogens is 3. The van der Waals surface area contributed by atoms with Crippen LogP contribution in [0.3, 0.4) is 0 Å². The number of oxime groups is 1. The molecule has 0 bridgehead atoms. The van der Waals surface area contributed by atoms with Gasteiger partial charge >= 0.3 is 6.18 Å². The maximum absolute atomic E-state index is 11.9. The first-order chi connectivity index (χ1) is 8.33. The molecule has 100 valence electrons. The molecule has 1 amide bonds. The third-order valence-corrected chi connectivity index (χ3v) is 1.92. The van der Waals surface area contributed by atoms with Gasteiger partial charge in [0.2, 0.25) is 5.91 Å². The summed E-state index contributed by atoms with van der Waals surface area (Å²) in [5.74, 6) is -1.21. The maximum Gasteiger partial charge on any atom is 0.389 e. The van der Waals surface area contributed by atoms with Gasteiger partial charge in [0.05, 0.1) is 18.2 Å². The number of H-pyrrole nitrogens is 1. The molecule has 5 N–H and O–H groups in total. The maximum atomic E-state index is 11.9. The number of carbonyl (C=O) groups is 1. The Balaban J connectivity index is 2.63. The Morgan fingerprint density at radius 1 is 1.61 bits per heavy atom. The molecule has 1 aromatic rings. The van der Waals surface area contributed by atoms with Gasteiger partial charge in [-0.05, 0) is 0 Å². The van der Waals surface area contributed by atoms with E-state index >= 15 is 0 Å². The third kappa shape index (κ3) is 3.96. The summed E-state index contributed by atoms with van der Waals surface area (Å²) < 4.78 is 35.7. The molecular weight excluding hydrogens is 255 g/mol. The molecule has 0 unspecified atom stereocenters. The zero-order chi connectivity index (χ0) is 13.8. The van der Waals surface area contributed by atoms with Gasteiger partial charge < -0.3 is 16.3 Å². The summed E-state index contributed by atoms with van der Waals surface area (Å²) in [7, 11) is 0. The molecule has 0 spiro atoms. The van der Waals surface area contributed by atoms with E-state index in [-0.39, 0.29) is 17.2 Å². The number of alkyl halides is 3. The predicted molar refractivity (Wildman–Crippen MR) is 55.0 cm³/mol. The lowest BCUT2D eigenvalue weighted by Gasteiger charge is -2.07. The largest absolute Gasteiger partial charge is 0.409 e. The number of nitrogens with zero attached hydrogens (tertiary/aromatic N) is 2. The van der Waals surface area contributed by atoms with E-state index in [2.05, 4.69) is 20.7 Å². The summed E-state index contributed by atoms with van der Waals surface area (Å²) >= 11 is 0. The lowest BCUT2D eigenvalue weighted by Crippen LogP contribution is -2.20. The van der Waals surface area contributed by atoms with Crippen molar-refractivity contribution >= 4 is 17.6 Å². The zero-order valence-corrected chi connectivity index (χ0v) is 8.95. The molecule has 7 nitrogen and oxygen atoms in total. The van der Waals surface area contributed by atoms with Gasteiger partial charge in [-0.25, -0.2) is 0 Å². The second-order valence-corrected chi connectivity index (χ2v) is 3.31. The highest BCUT2D eigenvalue weighted by molar-refractivity contribution is 6.04. The van der Waals surface area contributed by atoms with Crippen LogP contribution < -0.4 is 11.1 Å². The summed E-state index contributed by atoms with van der Waals surface area (Å²) in [4.78, 5) is 11.2. The standard InChI is InChI=1S/C8H10F3N5O2/c9-8(10,11)2-1-5(17)14-7-4(3-13-15-7)6(12)16-18/h3,18H,1-2H2,(H2,12,16)(H2,13,14,15,17). The highest BCUT2D eigenvalue weighted by Gasteiger charge is 2.28. The summed E-state index contributed by atoms with van der Waals surface area (Å²) in [6, 6.07) is 0. The molecule has 10 heteroatoms. The summed E-state index contributed by atoms with van der Waals surface area (Å²) in [5.41, 5.74) is 5.35. The van der Waals surface area contributed by atoms with Crippen molar-refractivity contribution in [2.45, 2.75) is 19.0 Å². The molecule has 0 saturated carbocycles. The lowest BCUT2D eigenvalue weighted by molar-refractivity contribution is -0.142. The van der Waals surface area contributed by atoms with E-state index in [0.29, 0.717) is 0 Å². The van der Waals surface area contributed by atoms with Gasteiger partial charge in [-0.3, -0.25) is 9.89 Å². The molecule has 0 aliphatic carbocycles. The van der Waals surface area contributed by atoms with Gasteiger partial charge in [0.1, 0.15) is 5.82 Å². The molecule has 0 aliphatic heterocycles. The molecule has 0 fully saturated rings. The highest BCUT2D eigenvalue weighted by Crippen LogP contribution is 2.21. The van der Waals surface area contributed by atoms with Gasteiger partial charge in [0, 0.05) is 6.42 Å². The fourth-order valence-corrected chi connectivity index (χ4v) is 1.09. The van der Waals surface area contributed by atoms with Crippen molar-refractivity contribution in [1.82, 2.24) is 10.2 Å². The van der Waals surface area contributed by atoms with Crippen molar-refractivity contribution in [3.63, 3.8) is 0 Å². The molecule has 1 heterocycles. The lowest BCUT2D eigenvalue weighted by atomic mass is 10.2. The Morgan fingerprint density at radius 2 is 2.28 bits per heavy atom. The van der Waals surface area contributed by atoms with Crippen molar-refractivity contribution in [3.8, 4) is 0 Å². The highest BCUT2D eigenvalue weighted by atomic mass is 19.4. The van der Waals surface area contributed by atoms with Crippen LogP contribution in [0.25, 0.3) is 0 Å². The van der Waals surface area contributed by atoms with Crippen molar-refractivity contribution in [3.05, 3.63) is 11.8 Å². The second kappa shape index (κ2) is 5.38. The molecule has 0 radical (unpaired) electrons. The Morgan fingerprint density at radius 3 is 2.83 bits per heavy atom. The number of aromatic amines is 1. The molecule has 0 saturated heterocycles. The van der Waals surface area contributed by atoms with Crippen molar-refractivity contribution in [2.24, 2.45) is 10.9 Å². The molecule has 0 aromatic carbocycles. The van der Waals surface area contributed by atoms with E-state index < -0.39 is 24.9 Å². The minimum absolute atomic E-state index is 0.0301. The van der Waals surface area contributed by atoms with Gasteiger partial charge in [-0.2, -0.15) is 18.3 Å². The third-order valence-electron chi connectivity index (χ3n) is 1.92. The Kier molecular flexibility index (Phi) is 4.13. The fourth-order valence-electron chi connectivity index (χ4n) is 1.09. The molecule has 1 rings (SSSR count). The number of aromatic nitrogens is 2. The number of hydrogen-bond donors (Lipinski definition) is 4. The van der Waals surface area contributed by atoms with Crippen LogP contribution in [0.4, 0.5) is 19.0 Å². The Hall–Kier alpha value is -2.26. The second-order valence-electron chi connectivity index (χ2n) is 3.31. The predicted octanol–water partition coefficient (Wildman–Crippen LogP) is 0.785. The van der Waals surface area contributed by atoms with Crippen LogP contribution in [-0.2, 0) is 4.79 Å². The van der Waals surface area contributed by atoms with E-state index in [9.17, 15) is 18.0 Å². The van der Waals surface area contributed by atoms with Gasteiger partial charge in [0.25, 0.3) is 0 Å². The first-order valence-corrected chi connectivity index (χ1v) is 4.71. The van der Waals surface area contributed by atoms with Crippen molar-refractivity contribution < 1.29 is 23.2 Å². The fraction of sp³-hybridized carbons (Fsp3) is 0.375. The molecule has 18 heavy (non-hydrogen) atoms. The summed E-state index contributed by atoms with van der Waals surface area (Å²) in [6.45, 7) is 0. The molecular formula is C8H10F3N5O2. The quantitative estimate of drug-likeness (QED) is 0.278. The Labute approximate surface area is 98.8 Å². The number of nitrogens with one attached hydrogen (secondary N) is 2. The monoisotopic (exact) mass is 265 g/mol. The topological polar surface area (TPSA) is 116 Å². The van der Waals surface area contributed by atoms with Gasteiger partial charge in [-0.15, -0.1) is 0 Å². The van der Waals surface area contributed by atoms with Crippen LogP contribution in [0.2, 0.25) is 0 Å². The minimum Gasteiger partial charge on any atom is -0.409 e. The van der Waals surface area contributed by atoms with Crippen LogP contribution >= 0.6 is 0 Å². The number of hydrogen-bond acceptors (Lipinski definition) is 4. The van der Waals surface area contributed by atoms with Crippen molar-refractivity contribution in [2.75, 3.05) is 5.32 Å². The average molecular weight is 265 g/mol. The normalized spacial score (nSPS) is 12.5. The number of carbonyl (C=O) groups excluding carboxylic acids is 1. The van der Waals surface area contributed by atoms with E-state index in [4.69, 9.17) is 10.9 Å². The number of rotatable bonds is 4. The van der Waals surface area contributed by atoms with Gasteiger partial charge in [-0.1, -0.05) is 5.16 Å². The van der Waals surface area contributed by atoms with Crippen LogP contribution in [-0.4, -0.2) is 33.3 Å². The van der Waals surface area contributed by atoms with Crippen LogP contribution in [0.5, 0.6) is 0 Å². The van der Waals surface area contributed by atoms with Crippen LogP contribution in [0, 0.1) is 0 Å². The zero-order valence-electron chi connectivity index (χ0n) is 8.95. The van der Waals surface area contributed by atoms with E-state index in [0.717, 1.165) is 6.20 Å². The minimum atomic E-state index is -4.40. The number of amides is 1. The summed E-state index contributed by atoms with van der Waals surface area (Å²) in [6.07, 6.45) is -5.20. The molecule has 1 aromatic heterocycles. The SMILES string of the molecule is NC(=NO)c1cn[nH]c1NC(=O)CCC(F)(F)F. The summed E-state index contributed by atoms with van der Waals surface area (Å²) in [5, 5.41) is 19.1. The van der Waals surface area contributed by atoms with Crippen LogP contribution in [0.15, 0.2) is 11.4 Å². The van der Waals surface area contributed by atoms with E-state index in [1.807, 2.05) is 0 Å². The Bertz CT molecular complexity index is 454. The van der Waals surface area contributed by atoms with Gasteiger partial charge in [0.15, 0.2) is 5.84 Å². The van der Waals surface area contributed by atoms with E-state index in [1.54, 1.807) is 0 Å². The number of anilines is 1. The average Bonchev–Trinajstić information content (AvgIpc) is 2.72. The number of amidine groups is 1. The van der Waals surface area contributed by atoms with Crippen LogP contribution in [0.1, 0.15) is 18.4 Å². The number of nitrogens with two attached hydrogens (primary N) is 1. The first kappa shape index (κ1) is 13.8. The molecule has 0 aliphatic rings. The molecule has 0 atom stereocenters. The van der Waals surface area contributed by atoms with E-state index in [1.165, 1.54) is 0 Å². The smallest absolute Gasteiger partial charge is 0.389 e.